The molecule has 2 rings (SSSR count). The van der Waals surface area contributed by atoms with E-state index in [0.717, 1.165) is 0 Å². The van der Waals surface area contributed by atoms with E-state index in [2.05, 4.69) is 9.72 Å². The molecule has 0 saturated carbocycles. The minimum Gasteiger partial charge on any atom is -0.464 e. The lowest BCUT2D eigenvalue weighted by Crippen LogP contribution is -2.02. The molecule has 76 valence electrons. The molecule has 0 aliphatic rings. The van der Waals surface area contributed by atoms with Crippen LogP contribution in [0, 0.1) is 0 Å². The first-order valence-electron chi connectivity index (χ1n) is 4.28. The quantitative estimate of drug-likeness (QED) is 0.539. The number of nitrogens with zero attached hydrogens (tertiary/aromatic N) is 2. The Hall–Kier alpha value is -2.17. The van der Waals surface area contributed by atoms with Crippen LogP contribution < -0.4 is 0 Å². The van der Waals surface area contributed by atoms with Crippen LogP contribution in [-0.2, 0) is 4.74 Å². The predicted molar refractivity (Wildman–Crippen MR) is 51.9 cm³/mol. The molecular formula is C10H8N2O3. The Balaban J connectivity index is 2.75. The first-order valence-corrected chi connectivity index (χ1v) is 4.28. The summed E-state index contributed by atoms with van der Waals surface area (Å²) in [5, 5.41) is 0. The number of pyridine rings is 1. The number of rotatable bonds is 2. The van der Waals surface area contributed by atoms with E-state index in [1.54, 1.807) is 28.8 Å². The third kappa shape index (κ3) is 1.38. The summed E-state index contributed by atoms with van der Waals surface area (Å²) >= 11 is 0. The number of methoxy groups -OCH3 is 1. The molecule has 0 spiro atoms. The summed E-state index contributed by atoms with van der Waals surface area (Å²) in [6.07, 6.45) is 2.26. The minimum absolute atomic E-state index is 0.153. The van der Waals surface area contributed by atoms with E-state index in [4.69, 9.17) is 0 Å². The third-order valence-corrected chi connectivity index (χ3v) is 2.06. The Morgan fingerprint density at radius 2 is 2.33 bits per heavy atom. The fourth-order valence-electron chi connectivity index (χ4n) is 1.39. The molecule has 0 atom stereocenters. The van der Waals surface area contributed by atoms with Crippen LogP contribution in [-0.4, -0.2) is 28.7 Å². The van der Waals surface area contributed by atoms with Crippen LogP contribution in [0.4, 0.5) is 0 Å². The number of ether oxygens (including phenoxy) is 1. The predicted octanol–water partition coefficient (Wildman–Crippen LogP) is 0.933. The molecule has 5 heteroatoms. The molecule has 0 amide bonds. The zero-order valence-electron chi connectivity index (χ0n) is 8.01. The van der Waals surface area contributed by atoms with E-state index >= 15 is 0 Å². The Morgan fingerprint density at radius 1 is 1.53 bits per heavy atom. The van der Waals surface area contributed by atoms with Crippen molar-refractivity contribution in [3.63, 3.8) is 0 Å². The van der Waals surface area contributed by atoms with Gasteiger partial charge in [0.05, 0.1) is 12.6 Å². The van der Waals surface area contributed by atoms with E-state index in [9.17, 15) is 9.59 Å². The SMILES string of the molecule is COC(=O)c1nc(C=O)n2ccccc12. The molecule has 0 fully saturated rings. The first-order chi connectivity index (χ1) is 7.27. The molecule has 0 aliphatic heterocycles. The number of hydrogen-bond donors (Lipinski definition) is 0. The van der Waals surface area contributed by atoms with Gasteiger partial charge in [-0.2, -0.15) is 0 Å². The van der Waals surface area contributed by atoms with Crippen molar-refractivity contribution in [1.82, 2.24) is 9.38 Å². The number of hydrogen-bond acceptors (Lipinski definition) is 4. The largest absolute Gasteiger partial charge is 0.464 e. The van der Waals surface area contributed by atoms with Crippen molar-refractivity contribution in [2.24, 2.45) is 0 Å². The van der Waals surface area contributed by atoms with Gasteiger partial charge in [0, 0.05) is 6.20 Å². The van der Waals surface area contributed by atoms with Gasteiger partial charge in [0.15, 0.2) is 17.8 Å². The number of fused-ring (bicyclic) bond motifs is 1. The number of imidazole rings is 1. The smallest absolute Gasteiger partial charge is 0.358 e. The van der Waals surface area contributed by atoms with Crippen LogP contribution in [0.5, 0.6) is 0 Å². The Labute approximate surface area is 85.3 Å². The van der Waals surface area contributed by atoms with E-state index in [1.807, 2.05) is 0 Å². The normalized spacial score (nSPS) is 10.2. The van der Waals surface area contributed by atoms with Gasteiger partial charge in [-0.15, -0.1) is 0 Å². The van der Waals surface area contributed by atoms with Gasteiger partial charge in [-0.1, -0.05) is 6.07 Å². The van der Waals surface area contributed by atoms with Crippen molar-refractivity contribution in [3.8, 4) is 0 Å². The lowest BCUT2D eigenvalue weighted by molar-refractivity contribution is 0.0597. The van der Waals surface area contributed by atoms with E-state index in [0.29, 0.717) is 11.8 Å². The zero-order valence-corrected chi connectivity index (χ0v) is 8.01. The van der Waals surface area contributed by atoms with Crippen LogP contribution in [0.2, 0.25) is 0 Å². The van der Waals surface area contributed by atoms with Gasteiger partial charge in [0.25, 0.3) is 0 Å². The standard InChI is InChI=1S/C10H8N2O3/c1-15-10(14)9-7-4-2-3-5-12(7)8(6-13)11-9/h2-6H,1H3. The highest BCUT2D eigenvalue weighted by molar-refractivity contribution is 5.96. The van der Waals surface area contributed by atoms with Gasteiger partial charge in [-0.3, -0.25) is 9.20 Å². The maximum atomic E-state index is 11.3. The van der Waals surface area contributed by atoms with E-state index < -0.39 is 5.97 Å². The molecule has 0 bridgehead atoms. The molecule has 0 saturated heterocycles. The van der Waals surface area contributed by atoms with Crippen LogP contribution in [0.3, 0.4) is 0 Å². The number of esters is 1. The summed E-state index contributed by atoms with van der Waals surface area (Å²) in [5.74, 6) is -0.363. The first kappa shape index (κ1) is 9.39. The molecule has 0 N–H and O–H groups in total. The molecule has 0 radical (unpaired) electrons. The van der Waals surface area contributed by atoms with Crippen molar-refractivity contribution in [1.29, 1.82) is 0 Å². The average molecular weight is 204 g/mol. The van der Waals surface area contributed by atoms with Crippen LogP contribution >= 0.6 is 0 Å². The highest BCUT2D eigenvalue weighted by atomic mass is 16.5. The van der Waals surface area contributed by atoms with Gasteiger partial charge >= 0.3 is 5.97 Å². The van der Waals surface area contributed by atoms with Gasteiger partial charge in [0.1, 0.15) is 0 Å². The molecule has 2 aromatic rings. The number of carbonyl (C=O) groups excluding carboxylic acids is 2. The Morgan fingerprint density at radius 3 is 3.00 bits per heavy atom. The van der Waals surface area contributed by atoms with Crippen molar-refractivity contribution in [2.45, 2.75) is 0 Å². The second kappa shape index (κ2) is 3.53. The molecule has 2 heterocycles. The summed E-state index contributed by atoms with van der Waals surface area (Å²) < 4.78 is 6.11. The maximum absolute atomic E-state index is 11.3. The summed E-state index contributed by atoms with van der Waals surface area (Å²) in [6.45, 7) is 0. The number of aldehydes is 1. The number of aromatic nitrogens is 2. The summed E-state index contributed by atoms with van der Waals surface area (Å²) in [5.41, 5.74) is 0.714. The molecule has 15 heavy (non-hydrogen) atoms. The van der Waals surface area contributed by atoms with Crippen LogP contribution in [0.1, 0.15) is 21.1 Å². The highest BCUT2D eigenvalue weighted by Gasteiger charge is 2.16. The third-order valence-electron chi connectivity index (χ3n) is 2.06. The molecule has 2 aromatic heterocycles. The molecule has 0 aromatic carbocycles. The van der Waals surface area contributed by atoms with Gasteiger partial charge < -0.3 is 4.74 Å². The molecular weight excluding hydrogens is 196 g/mol. The second-order valence-corrected chi connectivity index (χ2v) is 2.88. The summed E-state index contributed by atoms with van der Waals surface area (Å²) in [7, 11) is 1.27. The topological polar surface area (TPSA) is 60.7 Å². The van der Waals surface area contributed by atoms with Crippen molar-refractivity contribution >= 4 is 17.8 Å². The lowest BCUT2D eigenvalue weighted by atomic mass is 10.3. The van der Waals surface area contributed by atoms with Gasteiger partial charge in [0.2, 0.25) is 0 Å². The molecule has 5 nitrogen and oxygen atoms in total. The fourth-order valence-corrected chi connectivity index (χ4v) is 1.39. The lowest BCUT2D eigenvalue weighted by Gasteiger charge is -1.95. The second-order valence-electron chi connectivity index (χ2n) is 2.88. The minimum atomic E-state index is -0.549. The fraction of sp³-hybridized carbons (Fsp3) is 0.100. The van der Waals surface area contributed by atoms with Crippen molar-refractivity contribution < 1.29 is 14.3 Å². The Bertz CT molecular complexity index is 530. The number of carbonyl (C=O) groups is 2. The van der Waals surface area contributed by atoms with E-state index in [1.165, 1.54) is 7.11 Å². The van der Waals surface area contributed by atoms with Crippen LogP contribution in [0.15, 0.2) is 24.4 Å². The zero-order chi connectivity index (χ0) is 10.8. The average Bonchev–Trinajstić information content (AvgIpc) is 2.67. The van der Waals surface area contributed by atoms with Crippen molar-refractivity contribution in [2.75, 3.05) is 7.11 Å². The molecule has 0 aliphatic carbocycles. The molecule has 0 unspecified atom stereocenters. The van der Waals surface area contributed by atoms with Gasteiger partial charge in [-0.05, 0) is 12.1 Å². The Kier molecular flexibility index (Phi) is 2.21. The van der Waals surface area contributed by atoms with Crippen molar-refractivity contribution in [3.05, 3.63) is 35.9 Å². The van der Waals surface area contributed by atoms with E-state index in [-0.39, 0.29) is 11.5 Å². The maximum Gasteiger partial charge on any atom is 0.358 e. The monoisotopic (exact) mass is 204 g/mol. The highest BCUT2D eigenvalue weighted by Crippen LogP contribution is 2.12. The van der Waals surface area contributed by atoms with Crippen LogP contribution in [0.25, 0.3) is 5.52 Å². The summed E-state index contributed by atoms with van der Waals surface area (Å²) in [6, 6.07) is 5.22. The van der Waals surface area contributed by atoms with Gasteiger partial charge in [-0.25, -0.2) is 9.78 Å². The summed E-state index contributed by atoms with van der Waals surface area (Å²) in [4.78, 5) is 26.0.